The van der Waals surface area contributed by atoms with E-state index in [1.54, 1.807) is 12.1 Å². The molecule has 1 heterocycles. The first kappa shape index (κ1) is 12.0. The zero-order valence-electron chi connectivity index (χ0n) is 9.84. The summed E-state index contributed by atoms with van der Waals surface area (Å²) in [5.41, 5.74) is 1.21. The van der Waals surface area contributed by atoms with E-state index >= 15 is 0 Å². The second-order valence-electron chi connectivity index (χ2n) is 4.41. The molecule has 1 aromatic rings. The second kappa shape index (κ2) is 5.77. The average Bonchev–Trinajstić information content (AvgIpc) is 2.38. The van der Waals surface area contributed by atoms with Gasteiger partial charge in [-0.05, 0) is 31.5 Å². The van der Waals surface area contributed by atoms with Gasteiger partial charge in [0.15, 0.2) is 0 Å². The summed E-state index contributed by atoms with van der Waals surface area (Å²) >= 11 is 0. The molecule has 1 aliphatic heterocycles. The van der Waals surface area contributed by atoms with Gasteiger partial charge in [0.25, 0.3) is 5.69 Å². The van der Waals surface area contributed by atoms with Crippen molar-refractivity contribution in [3.63, 3.8) is 0 Å². The minimum absolute atomic E-state index is 0.153. The number of likely N-dealkylation sites (tertiary alicyclic amines) is 1. The molecule has 0 saturated carbocycles. The van der Waals surface area contributed by atoms with E-state index in [-0.39, 0.29) is 10.6 Å². The Bertz CT molecular complexity index is 370. The summed E-state index contributed by atoms with van der Waals surface area (Å²) in [6.45, 7) is 3.28. The lowest BCUT2D eigenvalue weighted by atomic mass is 10.1. The highest BCUT2D eigenvalue weighted by molar-refractivity contribution is 5.35. The molecular weight excluding hydrogens is 216 g/mol. The molecule has 4 nitrogen and oxygen atoms in total. The third-order valence-electron chi connectivity index (χ3n) is 3.14. The molecule has 1 aliphatic rings. The summed E-state index contributed by atoms with van der Waals surface area (Å²) in [4.78, 5) is 12.6. The molecule has 2 rings (SSSR count). The summed E-state index contributed by atoms with van der Waals surface area (Å²) < 4.78 is 0. The van der Waals surface area contributed by atoms with Crippen LogP contribution in [0.2, 0.25) is 0 Å². The minimum Gasteiger partial charge on any atom is -0.303 e. The Balaban J connectivity index is 1.84. The van der Waals surface area contributed by atoms with Crippen molar-refractivity contribution in [3.05, 3.63) is 46.4 Å². The lowest BCUT2D eigenvalue weighted by Crippen LogP contribution is -2.30. The molecule has 0 aromatic heterocycles. The van der Waals surface area contributed by atoms with E-state index in [0.717, 1.165) is 12.1 Å². The number of benzene rings is 1. The summed E-state index contributed by atoms with van der Waals surface area (Å²) in [6, 6.07) is 6.73. The van der Waals surface area contributed by atoms with Gasteiger partial charge in [0.05, 0.1) is 4.92 Å². The van der Waals surface area contributed by atoms with Crippen LogP contribution in [0.15, 0.2) is 24.3 Å². The monoisotopic (exact) mass is 233 g/mol. The van der Waals surface area contributed by atoms with Gasteiger partial charge in [-0.3, -0.25) is 10.1 Å². The number of hydrogen-bond acceptors (Lipinski definition) is 3. The molecule has 0 bridgehead atoms. The number of piperidine rings is 1. The van der Waals surface area contributed by atoms with Gasteiger partial charge in [-0.2, -0.15) is 0 Å². The van der Waals surface area contributed by atoms with Crippen molar-refractivity contribution in [1.29, 1.82) is 0 Å². The number of rotatable bonds is 4. The van der Waals surface area contributed by atoms with Crippen LogP contribution in [0.5, 0.6) is 0 Å². The van der Waals surface area contributed by atoms with Crippen molar-refractivity contribution in [3.8, 4) is 0 Å². The molecule has 0 atom stereocenters. The van der Waals surface area contributed by atoms with Gasteiger partial charge >= 0.3 is 0 Å². The lowest BCUT2D eigenvalue weighted by Gasteiger charge is -2.26. The maximum Gasteiger partial charge on any atom is 0.269 e. The largest absolute Gasteiger partial charge is 0.303 e. The molecular formula is C13H17N2O2. The number of nitro groups is 1. The number of nitro benzene ring substituents is 1. The fourth-order valence-electron chi connectivity index (χ4n) is 2.11. The van der Waals surface area contributed by atoms with E-state index in [9.17, 15) is 10.1 Å². The van der Waals surface area contributed by atoms with Crippen LogP contribution in [0, 0.1) is 16.5 Å². The zero-order chi connectivity index (χ0) is 12.1. The number of non-ortho nitro benzene ring substituents is 1. The third kappa shape index (κ3) is 3.53. The normalized spacial score (nSPS) is 16.9. The van der Waals surface area contributed by atoms with Crippen LogP contribution in [0.1, 0.15) is 24.8 Å². The fraction of sp³-hybridized carbons (Fsp3) is 0.462. The minimum atomic E-state index is -0.367. The van der Waals surface area contributed by atoms with Crippen LogP contribution < -0.4 is 0 Å². The Morgan fingerprint density at radius 3 is 2.41 bits per heavy atom. The summed E-state index contributed by atoms with van der Waals surface area (Å²) in [6.07, 6.45) is 6.05. The molecule has 0 N–H and O–H groups in total. The smallest absolute Gasteiger partial charge is 0.269 e. The molecule has 0 spiro atoms. The molecule has 4 heteroatoms. The summed E-state index contributed by atoms with van der Waals surface area (Å²) in [7, 11) is 0. The van der Waals surface area contributed by atoms with Crippen LogP contribution in [-0.4, -0.2) is 29.5 Å². The Kier molecular flexibility index (Phi) is 4.09. The Morgan fingerprint density at radius 1 is 1.18 bits per heavy atom. The predicted molar refractivity (Wildman–Crippen MR) is 66.8 cm³/mol. The highest BCUT2D eigenvalue weighted by atomic mass is 16.6. The van der Waals surface area contributed by atoms with E-state index in [1.807, 2.05) is 12.1 Å². The first-order valence-electron chi connectivity index (χ1n) is 6.06. The highest BCUT2D eigenvalue weighted by Crippen LogP contribution is 2.15. The first-order valence-corrected chi connectivity index (χ1v) is 6.06. The fourth-order valence-corrected chi connectivity index (χ4v) is 2.11. The van der Waals surface area contributed by atoms with Crippen molar-refractivity contribution >= 4 is 5.69 Å². The van der Waals surface area contributed by atoms with Crippen molar-refractivity contribution in [2.75, 3.05) is 19.6 Å². The lowest BCUT2D eigenvalue weighted by molar-refractivity contribution is -0.384. The van der Waals surface area contributed by atoms with E-state index in [4.69, 9.17) is 0 Å². The quantitative estimate of drug-likeness (QED) is 0.593. The van der Waals surface area contributed by atoms with Gasteiger partial charge < -0.3 is 4.90 Å². The van der Waals surface area contributed by atoms with E-state index < -0.39 is 0 Å². The SMILES string of the molecule is O=[N+]([O-])c1ccc([CH]CN2CCCCC2)cc1. The Morgan fingerprint density at radius 2 is 1.82 bits per heavy atom. The maximum atomic E-state index is 10.5. The van der Waals surface area contributed by atoms with Crippen molar-refractivity contribution < 1.29 is 4.92 Å². The summed E-state index contributed by atoms with van der Waals surface area (Å²) in [5.74, 6) is 0. The van der Waals surface area contributed by atoms with Gasteiger partial charge in [0, 0.05) is 25.1 Å². The molecule has 1 aromatic carbocycles. The van der Waals surface area contributed by atoms with Crippen LogP contribution in [0.3, 0.4) is 0 Å². The molecule has 1 radical (unpaired) electrons. The Labute approximate surface area is 101 Å². The van der Waals surface area contributed by atoms with Gasteiger partial charge in [0.2, 0.25) is 0 Å². The van der Waals surface area contributed by atoms with Gasteiger partial charge in [-0.15, -0.1) is 0 Å². The van der Waals surface area contributed by atoms with Gasteiger partial charge in [-0.1, -0.05) is 18.6 Å². The number of hydrogen-bond donors (Lipinski definition) is 0. The van der Waals surface area contributed by atoms with E-state index in [2.05, 4.69) is 11.3 Å². The predicted octanol–water partition coefficient (Wildman–Crippen LogP) is 2.63. The summed E-state index contributed by atoms with van der Waals surface area (Å²) in [5, 5.41) is 10.5. The molecule has 1 saturated heterocycles. The maximum absolute atomic E-state index is 10.5. The average molecular weight is 233 g/mol. The highest BCUT2D eigenvalue weighted by Gasteiger charge is 2.10. The van der Waals surface area contributed by atoms with Gasteiger partial charge in [-0.25, -0.2) is 0 Å². The van der Waals surface area contributed by atoms with E-state index in [0.29, 0.717) is 0 Å². The Hall–Kier alpha value is -1.42. The standard InChI is InChI=1S/C13H17N2O2/c16-15(17)13-6-4-12(5-7-13)8-11-14-9-2-1-3-10-14/h4-8H,1-3,9-11H2. The van der Waals surface area contributed by atoms with E-state index in [1.165, 1.54) is 32.4 Å². The molecule has 91 valence electrons. The molecule has 0 unspecified atom stereocenters. The van der Waals surface area contributed by atoms with Crippen molar-refractivity contribution in [2.24, 2.45) is 0 Å². The van der Waals surface area contributed by atoms with Crippen molar-refractivity contribution in [2.45, 2.75) is 19.3 Å². The van der Waals surface area contributed by atoms with Crippen molar-refractivity contribution in [1.82, 2.24) is 4.90 Å². The molecule has 17 heavy (non-hydrogen) atoms. The molecule has 0 amide bonds. The van der Waals surface area contributed by atoms with Crippen LogP contribution in [0.4, 0.5) is 5.69 Å². The van der Waals surface area contributed by atoms with Crippen LogP contribution in [0.25, 0.3) is 0 Å². The molecule has 0 aliphatic carbocycles. The topological polar surface area (TPSA) is 46.4 Å². The zero-order valence-corrected chi connectivity index (χ0v) is 9.84. The second-order valence-corrected chi connectivity index (χ2v) is 4.41. The van der Waals surface area contributed by atoms with Gasteiger partial charge in [0.1, 0.15) is 0 Å². The molecule has 1 fully saturated rings. The third-order valence-corrected chi connectivity index (χ3v) is 3.14. The van der Waals surface area contributed by atoms with Crippen LogP contribution >= 0.6 is 0 Å². The van der Waals surface area contributed by atoms with Crippen LogP contribution in [-0.2, 0) is 0 Å². The first-order chi connectivity index (χ1) is 8.25. The number of nitrogens with zero attached hydrogens (tertiary/aromatic N) is 2.